The fourth-order valence-corrected chi connectivity index (χ4v) is 6.54. The van der Waals surface area contributed by atoms with Gasteiger partial charge < -0.3 is 5.11 Å². The highest BCUT2D eigenvalue weighted by Crippen LogP contribution is 2.28. The molecular formula is C14H20N2O6S2. The number of hydrogen-bond acceptors (Lipinski definition) is 6. The fourth-order valence-electron chi connectivity index (χ4n) is 2.80. The summed E-state index contributed by atoms with van der Waals surface area (Å²) in [6.45, 7) is 1.57. The second-order valence-electron chi connectivity index (χ2n) is 5.97. The topological polar surface area (TPSA) is 112 Å². The van der Waals surface area contributed by atoms with Gasteiger partial charge in [0.1, 0.15) is 0 Å². The predicted molar refractivity (Wildman–Crippen MR) is 87.9 cm³/mol. The Balaban J connectivity index is 2.54. The smallest absolute Gasteiger partial charge is 0.335 e. The largest absolute Gasteiger partial charge is 0.478 e. The Hall–Kier alpha value is -1.49. The van der Waals surface area contributed by atoms with Crippen LogP contribution in [-0.4, -0.2) is 69.0 Å². The summed E-state index contributed by atoms with van der Waals surface area (Å²) >= 11 is 0. The summed E-state index contributed by atoms with van der Waals surface area (Å²) in [5.74, 6) is -1.54. The van der Waals surface area contributed by atoms with Crippen LogP contribution in [0.3, 0.4) is 0 Å². The van der Waals surface area contributed by atoms with Gasteiger partial charge in [0.25, 0.3) is 10.0 Å². The van der Waals surface area contributed by atoms with Crippen LogP contribution in [0.1, 0.15) is 22.3 Å². The van der Waals surface area contributed by atoms with Gasteiger partial charge in [0.2, 0.25) is 0 Å². The van der Waals surface area contributed by atoms with Gasteiger partial charge in [-0.2, -0.15) is 0 Å². The molecule has 1 heterocycles. The number of hydrogen-bond donors (Lipinski definition) is 1. The van der Waals surface area contributed by atoms with Crippen LogP contribution in [0.4, 0.5) is 0 Å². The number of sulfonamides is 1. The highest BCUT2D eigenvalue weighted by atomic mass is 32.2. The Morgan fingerprint density at radius 2 is 1.92 bits per heavy atom. The van der Waals surface area contributed by atoms with Crippen molar-refractivity contribution >= 4 is 25.8 Å². The van der Waals surface area contributed by atoms with Crippen LogP contribution in [0.25, 0.3) is 0 Å². The van der Waals surface area contributed by atoms with Crippen molar-refractivity contribution in [3.63, 3.8) is 0 Å². The SMILES string of the molecule is Cc1ccc(C(=O)O)cc1S(=O)(=O)N([C@@H]1CCS(=O)(=O)C1)N(C)C. The summed E-state index contributed by atoms with van der Waals surface area (Å²) in [6.07, 6.45) is 0.206. The van der Waals surface area contributed by atoms with Crippen LogP contribution >= 0.6 is 0 Å². The third-order valence-corrected chi connectivity index (χ3v) is 7.74. The molecule has 1 saturated heterocycles. The van der Waals surface area contributed by atoms with E-state index in [1.807, 2.05) is 0 Å². The van der Waals surface area contributed by atoms with Gasteiger partial charge >= 0.3 is 5.97 Å². The monoisotopic (exact) mass is 376 g/mol. The third kappa shape index (κ3) is 3.61. The maximum Gasteiger partial charge on any atom is 0.335 e. The van der Waals surface area contributed by atoms with Crippen LogP contribution in [0, 0.1) is 6.92 Å². The van der Waals surface area contributed by atoms with E-state index in [9.17, 15) is 21.6 Å². The Bertz CT molecular complexity index is 861. The second kappa shape index (κ2) is 6.43. The quantitative estimate of drug-likeness (QED) is 0.738. The molecule has 0 aliphatic carbocycles. The van der Waals surface area contributed by atoms with Crippen LogP contribution in [0.2, 0.25) is 0 Å². The molecule has 134 valence electrons. The van der Waals surface area contributed by atoms with Crippen molar-refractivity contribution in [1.82, 2.24) is 9.42 Å². The van der Waals surface area contributed by atoms with Crippen LogP contribution in [0.5, 0.6) is 0 Å². The van der Waals surface area contributed by atoms with Crippen molar-refractivity contribution in [1.29, 1.82) is 0 Å². The van der Waals surface area contributed by atoms with E-state index < -0.39 is 31.9 Å². The van der Waals surface area contributed by atoms with Gasteiger partial charge in [0.05, 0.1) is 28.0 Å². The summed E-state index contributed by atoms with van der Waals surface area (Å²) in [4.78, 5) is 11.0. The number of rotatable bonds is 5. The average molecular weight is 376 g/mol. The first-order valence-electron chi connectivity index (χ1n) is 7.22. The summed E-state index contributed by atoms with van der Waals surface area (Å²) in [5, 5.41) is 10.4. The molecule has 0 spiro atoms. The minimum absolute atomic E-state index is 0.0638. The summed E-state index contributed by atoms with van der Waals surface area (Å²) in [5.41, 5.74) is 0.254. The molecule has 0 radical (unpaired) electrons. The standard InChI is InChI=1S/C14H20N2O6S2/c1-10-4-5-11(14(17)18)8-13(10)24(21,22)16(15(2)3)12-6-7-23(19,20)9-12/h4-5,8,12H,6-7,9H2,1-3H3,(H,17,18)/t12-/m1/s1. The molecule has 0 bridgehead atoms. The first-order chi connectivity index (χ1) is 11.0. The Morgan fingerprint density at radius 3 is 2.38 bits per heavy atom. The molecule has 1 aliphatic heterocycles. The van der Waals surface area contributed by atoms with Gasteiger partial charge in [-0.05, 0) is 31.0 Å². The first-order valence-corrected chi connectivity index (χ1v) is 10.5. The Kier molecular flexibility index (Phi) is 5.05. The van der Waals surface area contributed by atoms with Crippen molar-refractivity contribution in [3.8, 4) is 0 Å². The van der Waals surface area contributed by atoms with E-state index in [0.29, 0.717) is 5.56 Å². The minimum Gasteiger partial charge on any atom is -0.478 e. The van der Waals surface area contributed by atoms with E-state index in [-0.39, 0.29) is 28.4 Å². The van der Waals surface area contributed by atoms with Gasteiger partial charge in [0, 0.05) is 14.1 Å². The van der Waals surface area contributed by atoms with Gasteiger partial charge in [-0.25, -0.2) is 26.6 Å². The lowest BCUT2D eigenvalue weighted by atomic mass is 10.1. The summed E-state index contributed by atoms with van der Waals surface area (Å²) in [6, 6.07) is 3.15. The first kappa shape index (κ1) is 18.8. The van der Waals surface area contributed by atoms with E-state index in [2.05, 4.69) is 0 Å². The number of hydrazine groups is 1. The third-order valence-electron chi connectivity index (χ3n) is 3.87. The number of aryl methyl sites for hydroxylation is 1. The van der Waals surface area contributed by atoms with Crippen molar-refractivity contribution in [2.45, 2.75) is 24.3 Å². The van der Waals surface area contributed by atoms with Crippen molar-refractivity contribution in [2.75, 3.05) is 25.6 Å². The molecular weight excluding hydrogens is 356 g/mol. The molecule has 0 saturated carbocycles. The van der Waals surface area contributed by atoms with E-state index in [0.717, 1.165) is 10.5 Å². The molecule has 1 aliphatic rings. The lowest BCUT2D eigenvalue weighted by Crippen LogP contribution is -2.49. The Morgan fingerprint density at radius 1 is 1.29 bits per heavy atom. The summed E-state index contributed by atoms with van der Waals surface area (Å²) < 4.78 is 50.6. The van der Waals surface area contributed by atoms with Gasteiger partial charge in [-0.15, -0.1) is 4.41 Å². The number of carboxylic acids is 1. The summed E-state index contributed by atoms with van der Waals surface area (Å²) in [7, 11) is -4.34. The van der Waals surface area contributed by atoms with Gasteiger partial charge in [-0.3, -0.25) is 0 Å². The molecule has 1 fully saturated rings. The number of carbonyl (C=O) groups is 1. The molecule has 1 aromatic rings. The van der Waals surface area contributed by atoms with Crippen LogP contribution in [-0.2, 0) is 19.9 Å². The van der Waals surface area contributed by atoms with Crippen molar-refractivity contribution < 1.29 is 26.7 Å². The number of aromatic carboxylic acids is 1. The van der Waals surface area contributed by atoms with Gasteiger partial charge in [0.15, 0.2) is 9.84 Å². The zero-order valence-corrected chi connectivity index (χ0v) is 15.3. The molecule has 1 N–H and O–H groups in total. The number of carboxylic acid groups (broad SMARTS) is 1. The lowest BCUT2D eigenvalue weighted by molar-refractivity contribution is 0.0696. The molecule has 0 unspecified atom stereocenters. The molecule has 1 aromatic carbocycles. The van der Waals surface area contributed by atoms with Crippen molar-refractivity contribution in [3.05, 3.63) is 29.3 Å². The maximum absolute atomic E-state index is 13.1. The van der Waals surface area contributed by atoms with E-state index in [1.165, 1.54) is 31.2 Å². The molecule has 8 nitrogen and oxygen atoms in total. The zero-order chi connectivity index (χ0) is 18.3. The average Bonchev–Trinajstić information content (AvgIpc) is 2.77. The molecule has 24 heavy (non-hydrogen) atoms. The second-order valence-corrected chi connectivity index (χ2v) is 9.96. The molecule has 1 atom stereocenters. The Labute approximate surface area is 141 Å². The van der Waals surface area contributed by atoms with E-state index in [4.69, 9.17) is 5.11 Å². The fraction of sp³-hybridized carbons (Fsp3) is 0.500. The maximum atomic E-state index is 13.1. The predicted octanol–water partition coefficient (Wildman–Crippen LogP) is 0.348. The van der Waals surface area contributed by atoms with E-state index >= 15 is 0 Å². The van der Waals surface area contributed by atoms with Crippen LogP contribution < -0.4 is 0 Å². The lowest BCUT2D eigenvalue weighted by Gasteiger charge is -2.33. The zero-order valence-electron chi connectivity index (χ0n) is 13.6. The number of sulfone groups is 1. The number of benzene rings is 1. The number of nitrogens with zero attached hydrogens (tertiary/aromatic N) is 2. The van der Waals surface area contributed by atoms with Crippen molar-refractivity contribution in [2.24, 2.45) is 0 Å². The highest BCUT2D eigenvalue weighted by Gasteiger charge is 2.40. The van der Waals surface area contributed by atoms with Crippen LogP contribution in [0.15, 0.2) is 23.1 Å². The van der Waals surface area contributed by atoms with E-state index in [1.54, 1.807) is 6.92 Å². The molecule has 0 aromatic heterocycles. The molecule has 10 heteroatoms. The molecule has 2 rings (SSSR count). The van der Waals surface area contributed by atoms with Gasteiger partial charge in [-0.1, -0.05) is 6.07 Å². The molecule has 0 amide bonds. The highest BCUT2D eigenvalue weighted by molar-refractivity contribution is 7.92. The normalized spacial score (nSPS) is 20.6. The minimum atomic E-state index is -4.09.